The molecule has 0 atom stereocenters. The van der Waals surface area contributed by atoms with Gasteiger partial charge in [-0.15, -0.1) is 0 Å². The Balaban J connectivity index is 2.10. The monoisotopic (exact) mass is 385 g/mol. The van der Waals surface area contributed by atoms with Gasteiger partial charge in [-0.2, -0.15) is 0 Å². The number of aromatic nitrogens is 1. The second-order valence-corrected chi connectivity index (χ2v) is 5.27. The van der Waals surface area contributed by atoms with Gasteiger partial charge in [0.1, 0.15) is 12.4 Å². The van der Waals surface area contributed by atoms with Crippen molar-refractivity contribution in [3.8, 4) is 11.6 Å². The summed E-state index contributed by atoms with van der Waals surface area (Å²) in [7, 11) is 1.60. The van der Waals surface area contributed by atoms with Gasteiger partial charge in [0.25, 0.3) is 0 Å². The Morgan fingerprint density at radius 3 is 2.79 bits per heavy atom. The Bertz CT molecular complexity index is 561. The number of rotatable bonds is 5. The van der Waals surface area contributed by atoms with Crippen molar-refractivity contribution in [3.05, 3.63) is 52.1 Å². The molecule has 0 aliphatic carbocycles. The SMILES string of the molecule is COc1ncccc1COc1ccc(CBr)cc1Br. The maximum Gasteiger partial charge on any atom is 0.219 e. The van der Waals surface area contributed by atoms with E-state index in [0.717, 1.165) is 21.1 Å². The molecule has 100 valence electrons. The molecular weight excluding hydrogens is 374 g/mol. The first-order chi connectivity index (χ1) is 9.24. The van der Waals surface area contributed by atoms with Gasteiger partial charge in [-0.1, -0.05) is 22.0 Å². The van der Waals surface area contributed by atoms with E-state index in [9.17, 15) is 0 Å². The second kappa shape index (κ2) is 6.91. The van der Waals surface area contributed by atoms with Gasteiger partial charge < -0.3 is 9.47 Å². The lowest BCUT2D eigenvalue weighted by Gasteiger charge is -2.11. The Hall–Kier alpha value is -1.07. The van der Waals surface area contributed by atoms with Crippen molar-refractivity contribution in [1.82, 2.24) is 4.98 Å². The zero-order chi connectivity index (χ0) is 13.7. The Labute approximate surface area is 129 Å². The highest BCUT2D eigenvalue weighted by molar-refractivity contribution is 9.10. The lowest BCUT2D eigenvalue weighted by molar-refractivity contribution is 0.292. The van der Waals surface area contributed by atoms with Gasteiger partial charge in [0, 0.05) is 11.5 Å². The molecule has 1 aromatic heterocycles. The Kier molecular flexibility index (Phi) is 5.22. The van der Waals surface area contributed by atoms with E-state index in [1.165, 1.54) is 5.56 Å². The smallest absolute Gasteiger partial charge is 0.219 e. The van der Waals surface area contributed by atoms with Gasteiger partial charge in [0.2, 0.25) is 5.88 Å². The van der Waals surface area contributed by atoms with E-state index in [4.69, 9.17) is 9.47 Å². The molecule has 2 aromatic rings. The van der Waals surface area contributed by atoms with E-state index in [1.807, 2.05) is 30.3 Å². The first-order valence-electron chi connectivity index (χ1n) is 5.69. The maximum absolute atomic E-state index is 5.78. The summed E-state index contributed by atoms with van der Waals surface area (Å²) in [5.74, 6) is 1.39. The van der Waals surface area contributed by atoms with Gasteiger partial charge >= 0.3 is 0 Å². The summed E-state index contributed by atoms with van der Waals surface area (Å²) in [6, 6.07) is 9.81. The molecule has 0 saturated carbocycles. The standard InChI is InChI=1S/C14H13Br2NO2/c1-18-14-11(3-2-6-17-14)9-19-13-5-4-10(8-15)7-12(13)16/h2-7H,8-9H2,1H3. The van der Waals surface area contributed by atoms with Crippen LogP contribution in [0.2, 0.25) is 0 Å². The van der Waals surface area contributed by atoms with E-state index < -0.39 is 0 Å². The number of nitrogens with zero attached hydrogens (tertiary/aromatic N) is 1. The predicted octanol–water partition coefficient (Wildman–Crippen LogP) is 4.33. The Morgan fingerprint density at radius 2 is 2.11 bits per heavy atom. The largest absolute Gasteiger partial charge is 0.488 e. The average molecular weight is 387 g/mol. The highest BCUT2D eigenvalue weighted by Gasteiger charge is 2.06. The minimum absolute atomic E-state index is 0.420. The molecule has 0 unspecified atom stereocenters. The van der Waals surface area contributed by atoms with Crippen LogP contribution in [0.5, 0.6) is 11.6 Å². The molecular formula is C14H13Br2NO2. The third-order valence-corrected chi connectivity index (χ3v) is 3.84. The zero-order valence-electron chi connectivity index (χ0n) is 10.4. The van der Waals surface area contributed by atoms with Crippen LogP contribution in [-0.4, -0.2) is 12.1 Å². The van der Waals surface area contributed by atoms with Crippen molar-refractivity contribution >= 4 is 31.9 Å². The molecule has 0 aliphatic heterocycles. The van der Waals surface area contributed by atoms with Crippen LogP contribution in [0, 0.1) is 0 Å². The fourth-order valence-corrected chi connectivity index (χ4v) is 2.51. The quantitative estimate of drug-likeness (QED) is 0.716. The molecule has 0 amide bonds. The van der Waals surface area contributed by atoms with Crippen LogP contribution in [0.15, 0.2) is 41.0 Å². The summed E-state index contributed by atoms with van der Waals surface area (Å²) >= 11 is 6.93. The molecule has 0 bridgehead atoms. The topological polar surface area (TPSA) is 31.4 Å². The molecule has 1 heterocycles. The molecule has 0 fully saturated rings. The van der Waals surface area contributed by atoms with E-state index in [1.54, 1.807) is 13.3 Å². The molecule has 19 heavy (non-hydrogen) atoms. The molecule has 0 saturated heterocycles. The summed E-state index contributed by atoms with van der Waals surface area (Å²) < 4.78 is 11.9. The molecule has 2 rings (SSSR count). The lowest BCUT2D eigenvalue weighted by Crippen LogP contribution is -2.00. The summed E-state index contributed by atoms with van der Waals surface area (Å²) in [5.41, 5.74) is 2.11. The highest BCUT2D eigenvalue weighted by atomic mass is 79.9. The zero-order valence-corrected chi connectivity index (χ0v) is 13.6. The van der Waals surface area contributed by atoms with Crippen molar-refractivity contribution in [1.29, 1.82) is 0 Å². The van der Waals surface area contributed by atoms with E-state index in [-0.39, 0.29) is 0 Å². The summed E-state index contributed by atoms with van der Waals surface area (Å²) in [4.78, 5) is 4.14. The van der Waals surface area contributed by atoms with Crippen LogP contribution in [0.4, 0.5) is 0 Å². The maximum atomic E-state index is 5.78. The first-order valence-corrected chi connectivity index (χ1v) is 7.61. The van der Waals surface area contributed by atoms with Crippen molar-refractivity contribution in [2.45, 2.75) is 11.9 Å². The first kappa shape index (κ1) is 14.3. The average Bonchev–Trinajstić information content (AvgIpc) is 2.46. The molecule has 0 N–H and O–H groups in total. The van der Waals surface area contributed by atoms with Crippen molar-refractivity contribution in [2.24, 2.45) is 0 Å². The van der Waals surface area contributed by atoms with Gasteiger partial charge in [-0.05, 0) is 45.8 Å². The molecule has 0 spiro atoms. The number of pyridine rings is 1. The second-order valence-electron chi connectivity index (χ2n) is 3.86. The number of halogens is 2. The summed E-state index contributed by atoms with van der Waals surface area (Å²) in [6.07, 6.45) is 1.70. The molecule has 5 heteroatoms. The van der Waals surface area contributed by atoms with Gasteiger partial charge in [0.05, 0.1) is 17.1 Å². The van der Waals surface area contributed by atoms with Crippen LogP contribution in [0.3, 0.4) is 0 Å². The fourth-order valence-electron chi connectivity index (χ4n) is 1.62. The van der Waals surface area contributed by atoms with Gasteiger partial charge in [-0.3, -0.25) is 0 Å². The predicted molar refractivity (Wildman–Crippen MR) is 81.9 cm³/mol. The number of methoxy groups -OCH3 is 1. The number of hydrogen-bond acceptors (Lipinski definition) is 3. The van der Waals surface area contributed by atoms with Crippen LogP contribution >= 0.6 is 31.9 Å². The number of alkyl halides is 1. The normalized spacial score (nSPS) is 10.3. The summed E-state index contributed by atoms with van der Waals surface area (Å²) in [5, 5.41) is 0.822. The highest BCUT2D eigenvalue weighted by Crippen LogP contribution is 2.28. The molecule has 3 nitrogen and oxygen atoms in total. The van der Waals surface area contributed by atoms with Gasteiger partial charge in [-0.25, -0.2) is 4.98 Å². The number of benzene rings is 1. The van der Waals surface area contributed by atoms with E-state index in [0.29, 0.717) is 12.5 Å². The number of hydrogen-bond donors (Lipinski definition) is 0. The number of ether oxygens (including phenoxy) is 2. The molecule has 0 radical (unpaired) electrons. The van der Waals surface area contributed by atoms with Crippen LogP contribution in [0.25, 0.3) is 0 Å². The fraction of sp³-hybridized carbons (Fsp3) is 0.214. The van der Waals surface area contributed by atoms with E-state index in [2.05, 4.69) is 36.8 Å². The minimum atomic E-state index is 0.420. The third-order valence-electron chi connectivity index (χ3n) is 2.58. The van der Waals surface area contributed by atoms with Crippen molar-refractivity contribution in [3.63, 3.8) is 0 Å². The lowest BCUT2D eigenvalue weighted by atomic mass is 10.2. The van der Waals surface area contributed by atoms with Crippen LogP contribution in [-0.2, 0) is 11.9 Å². The molecule has 1 aromatic carbocycles. The summed E-state index contributed by atoms with van der Waals surface area (Å²) in [6.45, 7) is 0.420. The van der Waals surface area contributed by atoms with Gasteiger partial charge in [0.15, 0.2) is 0 Å². The third kappa shape index (κ3) is 3.70. The van der Waals surface area contributed by atoms with Crippen LogP contribution in [0.1, 0.15) is 11.1 Å². The van der Waals surface area contributed by atoms with E-state index >= 15 is 0 Å². The Morgan fingerprint density at radius 1 is 1.26 bits per heavy atom. The van der Waals surface area contributed by atoms with Crippen LogP contribution < -0.4 is 9.47 Å². The van der Waals surface area contributed by atoms with Crippen molar-refractivity contribution < 1.29 is 9.47 Å². The van der Waals surface area contributed by atoms with Crippen molar-refractivity contribution in [2.75, 3.05) is 7.11 Å². The minimum Gasteiger partial charge on any atom is -0.488 e. The molecule has 0 aliphatic rings.